The van der Waals surface area contributed by atoms with E-state index in [0.29, 0.717) is 0 Å². The fourth-order valence-electron chi connectivity index (χ4n) is 0.430. The minimum absolute atomic E-state index is 0. The third kappa shape index (κ3) is 20.5. The average Bonchev–Trinajstić information content (AvgIpc) is 1.77. The van der Waals surface area contributed by atoms with E-state index in [1.54, 1.807) is 0 Å². The molecule has 0 bridgehead atoms. The Kier molecular flexibility index (Phi) is 72.1. The van der Waals surface area contributed by atoms with Gasteiger partial charge in [-0.2, -0.15) is 0 Å². The van der Waals surface area contributed by atoms with Crippen molar-refractivity contribution in [2.45, 2.75) is 0 Å². The maximum Gasteiger partial charge on any atom is 0.0406 e. The van der Waals surface area contributed by atoms with Gasteiger partial charge >= 0.3 is 0 Å². The first-order chi connectivity index (χ1) is 3.79. The first-order valence-corrected chi connectivity index (χ1v) is 3.66. The van der Waals surface area contributed by atoms with Gasteiger partial charge in [0, 0.05) is 26.5 Å². The summed E-state index contributed by atoms with van der Waals surface area (Å²) in [6.45, 7) is 0. The predicted molar refractivity (Wildman–Crippen MR) is 64.9 cm³/mol. The normalized spacial score (nSPS) is 4.93. The zero-order chi connectivity index (χ0) is 5.98. The molecule has 1 rings (SSSR count). The molecule has 0 amide bonds. The van der Waals surface area contributed by atoms with Gasteiger partial charge < -0.3 is 0 Å². The van der Waals surface area contributed by atoms with Gasteiger partial charge in [0.05, 0.1) is 0 Å². The molecule has 0 saturated heterocycles. The van der Waals surface area contributed by atoms with E-state index >= 15 is 0 Å². The van der Waals surface area contributed by atoms with Gasteiger partial charge in [-0.05, 0) is 46.9 Å². The molecule has 0 atom stereocenters. The van der Waals surface area contributed by atoms with Crippen LogP contribution < -0.4 is 0 Å². The zero-order valence-corrected chi connectivity index (χ0v) is 11.8. The number of rotatable bonds is 0. The molecule has 0 aliphatic heterocycles. The summed E-state index contributed by atoms with van der Waals surface area (Å²) < 4.78 is 1.21. The van der Waals surface area contributed by atoms with Crippen LogP contribution in [0.1, 0.15) is 0 Å². The van der Waals surface area contributed by atoms with E-state index in [9.17, 15) is 0 Å². The number of hydrogen-bond donors (Lipinski definition) is 0. The van der Waals surface area contributed by atoms with E-state index in [-0.39, 0.29) is 46.2 Å². The smallest absolute Gasteiger partial charge is 0.0406 e. The van der Waals surface area contributed by atoms with E-state index in [0.717, 1.165) is 5.02 Å². The minimum atomic E-state index is 0. The van der Waals surface area contributed by atoms with E-state index in [1.165, 1.54) is 3.57 Å². The molecule has 0 heterocycles. The van der Waals surface area contributed by atoms with Gasteiger partial charge in [0.1, 0.15) is 0 Å². The Morgan fingerprint density at radius 3 is 1.20 bits per heavy atom. The second-order valence-corrected chi connectivity index (χ2v) is 3.12. The maximum absolute atomic E-state index is 5.61. The van der Waals surface area contributed by atoms with Crippen molar-refractivity contribution in [2.24, 2.45) is 0 Å². The molecular formula is C6H10AsClF6I. The fraction of sp³-hybridized carbons (Fsp3) is 0. The number of benzene rings is 1. The van der Waals surface area contributed by atoms with Gasteiger partial charge in [0.15, 0.2) is 0 Å². The first-order valence-electron chi connectivity index (χ1n) is 2.20. The summed E-state index contributed by atoms with van der Waals surface area (Å²) in [7, 11) is 0. The zero-order valence-electron chi connectivity index (χ0n) is 6.96. The van der Waals surface area contributed by atoms with E-state index < -0.39 is 0 Å². The molecule has 0 fully saturated rings. The molecule has 1 aromatic carbocycles. The fourth-order valence-corrected chi connectivity index (χ4v) is 0.915. The topological polar surface area (TPSA) is 0 Å². The van der Waals surface area contributed by atoms with Crippen LogP contribution in [0.15, 0.2) is 24.3 Å². The Balaban J connectivity index is -0.0000000183. The Labute approximate surface area is 113 Å². The van der Waals surface area contributed by atoms with E-state index in [2.05, 4.69) is 22.6 Å². The van der Waals surface area contributed by atoms with Crippen LogP contribution in [-0.2, 0) is 0 Å². The molecule has 0 saturated carbocycles. The van der Waals surface area contributed by atoms with Crippen molar-refractivity contribution in [3.05, 3.63) is 32.9 Å². The Hall–Kier alpha value is 0.378. The van der Waals surface area contributed by atoms with Crippen LogP contribution >= 0.6 is 34.2 Å². The summed E-state index contributed by atoms with van der Waals surface area (Å²) in [5, 5.41) is 0.797. The van der Waals surface area contributed by atoms with Crippen molar-refractivity contribution in [3.63, 3.8) is 0 Å². The number of hydrogen-bond acceptors (Lipinski definition) is 0. The molecule has 0 spiro atoms. The molecule has 1 aromatic rings. The molecule has 0 N–H and O–H groups in total. The van der Waals surface area contributed by atoms with Crippen molar-refractivity contribution in [2.75, 3.05) is 0 Å². The van der Waals surface area contributed by atoms with Gasteiger partial charge in [-0.15, -0.1) is 0 Å². The third-order valence-corrected chi connectivity index (χ3v) is 1.77. The van der Waals surface area contributed by atoms with Crippen LogP contribution in [0.25, 0.3) is 0 Å². The van der Waals surface area contributed by atoms with Crippen LogP contribution in [0.2, 0.25) is 5.02 Å². The van der Waals surface area contributed by atoms with Crippen LogP contribution in [-0.4, -0.2) is 18.0 Å². The SMILES string of the molecule is Clc1ccc(I)cc1.F.F.F.F.F.F.[As]. The summed E-state index contributed by atoms with van der Waals surface area (Å²) >= 11 is 7.85. The second-order valence-electron chi connectivity index (χ2n) is 1.44. The molecule has 0 nitrogen and oxygen atoms in total. The van der Waals surface area contributed by atoms with Crippen LogP contribution in [0.4, 0.5) is 28.2 Å². The average molecular weight is 433 g/mol. The Morgan fingerprint density at radius 2 is 1.00 bits per heavy atom. The maximum atomic E-state index is 5.61. The molecule has 95 valence electrons. The van der Waals surface area contributed by atoms with Gasteiger partial charge in [-0.25, -0.2) is 0 Å². The predicted octanol–water partition coefficient (Wildman–Crippen LogP) is 3.48. The summed E-state index contributed by atoms with van der Waals surface area (Å²) in [6.07, 6.45) is 0. The minimum Gasteiger partial charge on any atom is -0.269 e. The van der Waals surface area contributed by atoms with Crippen LogP contribution in [0.3, 0.4) is 0 Å². The van der Waals surface area contributed by atoms with Crippen LogP contribution in [0.5, 0.6) is 0 Å². The quantitative estimate of drug-likeness (QED) is 0.334. The summed E-state index contributed by atoms with van der Waals surface area (Å²) in [4.78, 5) is 0. The summed E-state index contributed by atoms with van der Waals surface area (Å²) in [5.74, 6) is 0. The Morgan fingerprint density at radius 1 is 0.733 bits per heavy atom. The standard InChI is InChI=1S/C6H4ClI.As.6FH/c7-5-1-3-6(8)4-2-5;;;;;;;/h1-4H;;6*1H. The van der Waals surface area contributed by atoms with E-state index in [1.807, 2.05) is 24.3 Å². The molecule has 0 unspecified atom stereocenters. The second kappa shape index (κ2) is 23.9. The van der Waals surface area contributed by atoms with Gasteiger partial charge in [0.25, 0.3) is 0 Å². The molecule has 9 heteroatoms. The molecule has 3 radical (unpaired) electrons. The van der Waals surface area contributed by atoms with E-state index in [4.69, 9.17) is 11.6 Å². The van der Waals surface area contributed by atoms with Crippen molar-refractivity contribution in [3.8, 4) is 0 Å². The summed E-state index contributed by atoms with van der Waals surface area (Å²) in [5.41, 5.74) is 0. The Bertz CT molecular complexity index is 166. The van der Waals surface area contributed by atoms with Crippen molar-refractivity contribution >= 4 is 52.1 Å². The first kappa shape index (κ1) is 45.3. The van der Waals surface area contributed by atoms with Crippen molar-refractivity contribution < 1.29 is 28.2 Å². The van der Waals surface area contributed by atoms with Gasteiger partial charge in [-0.1, -0.05) is 11.6 Å². The largest absolute Gasteiger partial charge is 0.269 e. The van der Waals surface area contributed by atoms with Crippen molar-refractivity contribution in [1.29, 1.82) is 0 Å². The molecule has 0 aliphatic rings. The monoisotopic (exact) mass is 433 g/mol. The van der Waals surface area contributed by atoms with Crippen LogP contribution in [0, 0.1) is 3.57 Å². The third-order valence-electron chi connectivity index (χ3n) is 0.804. The molecule has 0 aliphatic carbocycles. The van der Waals surface area contributed by atoms with Gasteiger partial charge in [-0.3, -0.25) is 28.2 Å². The number of halogens is 8. The summed E-state index contributed by atoms with van der Waals surface area (Å²) in [6, 6.07) is 7.71. The van der Waals surface area contributed by atoms with Crippen molar-refractivity contribution in [1.82, 2.24) is 0 Å². The molecular weight excluding hydrogens is 423 g/mol. The molecule has 0 aromatic heterocycles. The van der Waals surface area contributed by atoms with Gasteiger partial charge in [0.2, 0.25) is 0 Å². The molecule has 15 heavy (non-hydrogen) atoms.